The number of hydrogen-bond donors (Lipinski definition) is 0. The minimum Gasteiger partial charge on any atom is -0.310 e. The van der Waals surface area contributed by atoms with Crippen LogP contribution in [0.2, 0.25) is 0 Å². The van der Waals surface area contributed by atoms with E-state index in [1.807, 2.05) is 36.4 Å². The number of hydrogen-bond acceptors (Lipinski definition) is 2. The lowest BCUT2D eigenvalue weighted by molar-refractivity contribution is 0.652. The Hall–Kier alpha value is -9.96. The molecule has 2 nitrogen and oxygen atoms in total. The van der Waals surface area contributed by atoms with Crippen molar-refractivity contribution in [3.05, 3.63) is 263 Å². The molecule has 10 aromatic carbocycles. The highest BCUT2D eigenvalue weighted by atomic mass is 15.1. The van der Waals surface area contributed by atoms with Crippen LogP contribution in [0.5, 0.6) is 0 Å². The van der Waals surface area contributed by atoms with Crippen molar-refractivity contribution in [3.8, 4) is 105 Å². The molecule has 358 valence electrons. The zero-order valence-electron chi connectivity index (χ0n) is 43.0. The van der Waals surface area contributed by atoms with Crippen molar-refractivity contribution >= 4 is 34.1 Å². The summed E-state index contributed by atoms with van der Waals surface area (Å²) in [6.07, 6.45) is 24.4. The van der Waals surface area contributed by atoms with Crippen LogP contribution < -0.4 is 9.80 Å². The fraction of sp³-hybridized carbons (Fsp3) is 0.0811. The van der Waals surface area contributed by atoms with Gasteiger partial charge in [0, 0.05) is 67.2 Å². The summed E-state index contributed by atoms with van der Waals surface area (Å²) in [5.41, 5.74) is 24.7. The molecular weight excluding hydrogens is 917 g/mol. The number of nitrogens with zero attached hydrogens (tertiary/aromatic N) is 2. The predicted molar refractivity (Wildman–Crippen MR) is 319 cm³/mol. The number of benzene rings is 10. The number of para-hydroxylation sites is 3. The van der Waals surface area contributed by atoms with E-state index in [0.29, 0.717) is 22.3 Å². The van der Waals surface area contributed by atoms with Crippen LogP contribution in [0.3, 0.4) is 0 Å². The van der Waals surface area contributed by atoms with Gasteiger partial charge in [-0.1, -0.05) is 167 Å². The minimum absolute atomic E-state index is 0.231. The van der Waals surface area contributed by atoms with E-state index in [2.05, 4.69) is 243 Å². The highest BCUT2D eigenvalue weighted by molar-refractivity contribution is 5.95. The van der Waals surface area contributed by atoms with Gasteiger partial charge in [-0.25, -0.2) is 0 Å². The van der Waals surface area contributed by atoms with E-state index >= 15 is 0 Å². The lowest BCUT2D eigenvalue weighted by atomic mass is 9.79. The molecule has 0 N–H and O–H groups in total. The Bertz CT molecular complexity index is 4110. The van der Waals surface area contributed by atoms with Crippen LogP contribution in [0.4, 0.5) is 34.1 Å². The standard InChI is InChI=1S/C74H52N2/c1-9-49-25-23-35-61(59(49)11-3)63-40-37-52(44-66(63)62-36-24-26-50(10-2)60(62)12-4)51-27-22-34-56(43-51)76(55-32-20-15-21-33-55)58-39-42-65-68-48-71-67(47-72(68)74(7,8)70(65)46-58)64-41-38-57(45-69(64)73(71,5)6)75(53-28-16-13-17-29-53)54-30-18-14-19-31-54/h1-4,13-48H,5-8H3. The Balaban J connectivity index is 0.943. The smallest absolute Gasteiger partial charge is 0.0477 e. The normalized spacial score (nSPS) is 12.9. The van der Waals surface area contributed by atoms with Crippen molar-refractivity contribution in [2.24, 2.45) is 0 Å². The molecule has 0 amide bonds. The molecule has 0 saturated heterocycles. The number of rotatable bonds is 9. The molecule has 10 aromatic rings. The molecule has 2 aliphatic rings. The Morgan fingerprint density at radius 3 is 1.12 bits per heavy atom. The van der Waals surface area contributed by atoms with Crippen molar-refractivity contribution in [1.29, 1.82) is 0 Å². The van der Waals surface area contributed by atoms with Crippen LogP contribution in [-0.2, 0) is 10.8 Å². The average Bonchev–Trinajstić information content (AvgIpc) is 3.83. The molecule has 0 aromatic heterocycles. The molecule has 0 heterocycles. The first kappa shape index (κ1) is 47.1. The average molecular weight is 969 g/mol. The second kappa shape index (κ2) is 18.5. The Kier molecular flexibility index (Phi) is 11.5. The molecule has 0 aliphatic heterocycles. The van der Waals surface area contributed by atoms with Gasteiger partial charge in [-0.05, 0) is 181 Å². The highest BCUT2D eigenvalue weighted by Gasteiger charge is 2.42. The predicted octanol–water partition coefficient (Wildman–Crippen LogP) is 18.2. The first-order valence-electron chi connectivity index (χ1n) is 25.7. The molecule has 0 spiro atoms. The summed E-state index contributed by atoms with van der Waals surface area (Å²) in [5.74, 6) is 11.4. The molecular formula is C74H52N2. The van der Waals surface area contributed by atoms with E-state index in [9.17, 15) is 0 Å². The van der Waals surface area contributed by atoms with Crippen molar-refractivity contribution in [2.45, 2.75) is 38.5 Å². The summed E-state index contributed by atoms with van der Waals surface area (Å²) in [4.78, 5) is 4.72. The summed E-state index contributed by atoms with van der Waals surface area (Å²) >= 11 is 0. The van der Waals surface area contributed by atoms with Crippen LogP contribution >= 0.6 is 0 Å². The summed E-state index contributed by atoms with van der Waals surface area (Å²) in [7, 11) is 0. The summed E-state index contributed by atoms with van der Waals surface area (Å²) in [6, 6.07) is 77.8. The topological polar surface area (TPSA) is 6.48 Å². The zero-order chi connectivity index (χ0) is 52.3. The molecule has 2 aliphatic carbocycles. The van der Waals surface area contributed by atoms with E-state index in [1.54, 1.807) is 0 Å². The Morgan fingerprint density at radius 1 is 0.276 bits per heavy atom. The summed E-state index contributed by atoms with van der Waals surface area (Å²) in [6.45, 7) is 9.52. The maximum atomic E-state index is 6.23. The first-order chi connectivity index (χ1) is 37.0. The molecule has 0 bridgehead atoms. The van der Waals surface area contributed by atoms with Gasteiger partial charge in [0.05, 0.1) is 0 Å². The van der Waals surface area contributed by atoms with Gasteiger partial charge >= 0.3 is 0 Å². The van der Waals surface area contributed by atoms with Gasteiger partial charge in [0.1, 0.15) is 0 Å². The second-order valence-corrected chi connectivity index (χ2v) is 20.7. The van der Waals surface area contributed by atoms with Gasteiger partial charge in [-0.2, -0.15) is 0 Å². The first-order valence-corrected chi connectivity index (χ1v) is 25.7. The lowest BCUT2D eigenvalue weighted by Gasteiger charge is -2.28. The molecule has 2 heteroatoms. The van der Waals surface area contributed by atoms with Gasteiger partial charge in [-0.3, -0.25) is 0 Å². The third-order valence-corrected chi connectivity index (χ3v) is 15.8. The molecule has 0 atom stereocenters. The van der Waals surface area contributed by atoms with Gasteiger partial charge < -0.3 is 9.80 Å². The van der Waals surface area contributed by atoms with Gasteiger partial charge in [-0.15, -0.1) is 25.7 Å². The maximum Gasteiger partial charge on any atom is 0.0477 e. The molecule has 76 heavy (non-hydrogen) atoms. The third-order valence-electron chi connectivity index (χ3n) is 15.8. The van der Waals surface area contributed by atoms with E-state index in [-0.39, 0.29) is 10.8 Å². The van der Waals surface area contributed by atoms with E-state index < -0.39 is 0 Å². The monoisotopic (exact) mass is 968 g/mol. The van der Waals surface area contributed by atoms with Crippen molar-refractivity contribution in [3.63, 3.8) is 0 Å². The summed E-state index contributed by atoms with van der Waals surface area (Å²) < 4.78 is 0. The minimum atomic E-state index is -0.282. The Morgan fingerprint density at radius 2 is 0.658 bits per heavy atom. The number of fused-ring (bicyclic) bond motifs is 6. The van der Waals surface area contributed by atoms with Crippen LogP contribution in [0.25, 0.3) is 55.6 Å². The van der Waals surface area contributed by atoms with Crippen molar-refractivity contribution in [1.82, 2.24) is 0 Å². The quantitative estimate of drug-likeness (QED) is 0.133. The molecule has 0 unspecified atom stereocenters. The molecule has 0 saturated carbocycles. The Labute approximate surface area is 448 Å². The van der Waals surface area contributed by atoms with Gasteiger partial charge in [0.25, 0.3) is 0 Å². The zero-order valence-corrected chi connectivity index (χ0v) is 43.0. The second-order valence-electron chi connectivity index (χ2n) is 20.7. The van der Waals surface area contributed by atoms with E-state index in [0.717, 1.165) is 67.5 Å². The number of anilines is 6. The van der Waals surface area contributed by atoms with Crippen molar-refractivity contribution < 1.29 is 0 Å². The molecule has 12 rings (SSSR count). The van der Waals surface area contributed by atoms with E-state index in [1.165, 1.54) is 44.5 Å². The lowest BCUT2D eigenvalue weighted by Crippen LogP contribution is -2.18. The molecule has 0 radical (unpaired) electrons. The third kappa shape index (κ3) is 7.60. The summed E-state index contributed by atoms with van der Waals surface area (Å²) in [5, 5.41) is 0. The van der Waals surface area contributed by atoms with Gasteiger partial charge in [0.2, 0.25) is 0 Å². The van der Waals surface area contributed by atoms with Crippen LogP contribution in [0.1, 0.15) is 72.2 Å². The van der Waals surface area contributed by atoms with Crippen LogP contribution in [-0.4, -0.2) is 0 Å². The number of terminal acetylenes is 4. The highest BCUT2D eigenvalue weighted by Crippen LogP contribution is 2.58. The van der Waals surface area contributed by atoms with Gasteiger partial charge in [0.15, 0.2) is 0 Å². The fourth-order valence-corrected chi connectivity index (χ4v) is 12.0. The SMILES string of the molecule is C#Cc1cccc(-c2ccc(-c3cccc(N(c4ccccc4)c4ccc5c(c4)C(C)(C)c4cc6c(cc4-5)C(C)(C)c4cc(N(c5ccccc5)c5ccccc5)ccc4-6)c3)cc2-c2cccc(C#C)c2C#C)c1C#C. The van der Waals surface area contributed by atoms with Crippen LogP contribution in [0.15, 0.2) is 218 Å². The van der Waals surface area contributed by atoms with Crippen molar-refractivity contribution in [2.75, 3.05) is 9.80 Å². The molecule has 0 fully saturated rings. The maximum absolute atomic E-state index is 6.23. The van der Waals surface area contributed by atoms with Crippen LogP contribution in [0, 0.1) is 49.4 Å². The largest absolute Gasteiger partial charge is 0.310 e. The fourth-order valence-electron chi connectivity index (χ4n) is 12.0. The van der Waals surface area contributed by atoms with E-state index in [4.69, 9.17) is 25.7 Å².